The Morgan fingerprint density at radius 2 is 1.85 bits per heavy atom. The molecule has 20 heavy (non-hydrogen) atoms. The standard InChI is InChI=1S/C16H22N2O.ClH/c1-11(13-6-7-13)18(15-8-9-15)16(19)14-4-2-12(10-17)3-5-14;/h2-5,11,13,15H,6-10,17H2,1H3;1H. The van der Waals surface area contributed by atoms with Crippen molar-refractivity contribution in [3.63, 3.8) is 0 Å². The van der Waals surface area contributed by atoms with Gasteiger partial charge in [0.2, 0.25) is 0 Å². The summed E-state index contributed by atoms with van der Waals surface area (Å²) in [5.74, 6) is 0.929. The van der Waals surface area contributed by atoms with Crippen LogP contribution in [0.4, 0.5) is 0 Å². The van der Waals surface area contributed by atoms with Gasteiger partial charge in [-0.05, 0) is 56.2 Å². The monoisotopic (exact) mass is 294 g/mol. The second kappa shape index (κ2) is 6.15. The Morgan fingerprint density at radius 3 is 2.30 bits per heavy atom. The average Bonchev–Trinajstić information content (AvgIpc) is 3.30. The van der Waals surface area contributed by atoms with Crippen molar-refractivity contribution in [2.45, 2.75) is 51.2 Å². The molecule has 1 unspecified atom stereocenters. The largest absolute Gasteiger partial charge is 0.333 e. The van der Waals surface area contributed by atoms with E-state index in [1.54, 1.807) is 0 Å². The first-order chi connectivity index (χ1) is 9.20. The fourth-order valence-corrected chi connectivity index (χ4v) is 2.77. The Morgan fingerprint density at radius 1 is 1.25 bits per heavy atom. The lowest BCUT2D eigenvalue weighted by atomic mass is 10.1. The number of benzene rings is 1. The van der Waals surface area contributed by atoms with Crippen molar-refractivity contribution in [1.82, 2.24) is 4.90 Å². The summed E-state index contributed by atoms with van der Waals surface area (Å²) in [6.07, 6.45) is 4.90. The predicted octanol–water partition coefficient (Wildman–Crippen LogP) is 2.97. The van der Waals surface area contributed by atoms with Crippen molar-refractivity contribution in [2.24, 2.45) is 11.7 Å². The van der Waals surface area contributed by atoms with E-state index in [1.165, 1.54) is 25.7 Å². The van der Waals surface area contributed by atoms with Gasteiger partial charge in [-0.15, -0.1) is 12.4 Å². The molecule has 1 aromatic carbocycles. The van der Waals surface area contributed by atoms with E-state index in [2.05, 4.69) is 11.8 Å². The normalized spacial score (nSPS) is 19.1. The molecule has 2 aliphatic carbocycles. The maximum atomic E-state index is 12.7. The van der Waals surface area contributed by atoms with E-state index in [0.717, 1.165) is 17.0 Å². The van der Waals surface area contributed by atoms with Crippen molar-refractivity contribution in [3.8, 4) is 0 Å². The molecular weight excluding hydrogens is 272 g/mol. The van der Waals surface area contributed by atoms with Crippen molar-refractivity contribution in [1.29, 1.82) is 0 Å². The minimum absolute atomic E-state index is 0. The highest BCUT2D eigenvalue weighted by molar-refractivity contribution is 5.95. The third-order valence-electron chi connectivity index (χ3n) is 4.35. The first kappa shape index (κ1) is 15.3. The highest BCUT2D eigenvalue weighted by Gasteiger charge is 2.41. The van der Waals surface area contributed by atoms with E-state index in [9.17, 15) is 4.79 Å². The van der Waals surface area contributed by atoms with Gasteiger partial charge in [0.25, 0.3) is 5.91 Å². The predicted molar refractivity (Wildman–Crippen MR) is 83.0 cm³/mol. The van der Waals surface area contributed by atoms with Gasteiger partial charge in [-0.25, -0.2) is 0 Å². The molecule has 0 heterocycles. The number of carbonyl (C=O) groups is 1. The minimum Gasteiger partial charge on any atom is -0.333 e. The quantitative estimate of drug-likeness (QED) is 0.907. The highest BCUT2D eigenvalue weighted by Crippen LogP contribution is 2.40. The molecule has 4 heteroatoms. The van der Waals surface area contributed by atoms with Crippen LogP contribution in [0.1, 0.15) is 48.5 Å². The van der Waals surface area contributed by atoms with Crippen molar-refractivity contribution < 1.29 is 4.79 Å². The van der Waals surface area contributed by atoms with Gasteiger partial charge < -0.3 is 10.6 Å². The summed E-state index contributed by atoms with van der Waals surface area (Å²) in [4.78, 5) is 14.8. The second-order valence-corrected chi connectivity index (χ2v) is 5.92. The highest BCUT2D eigenvalue weighted by atomic mass is 35.5. The topological polar surface area (TPSA) is 46.3 Å². The molecule has 0 spiro atoms. The summed E-state index contributed by atoms with van der Waals surface area (Å²) >= 11 is 0. The van der Waals surface area contributed by atoms with Crippen LogP contribution >= 0.6 is 12.4 Å². The Bertz CT molecular complexity index is 466. The van der Waals surface area contributed by atoms with E-state index >= 15 is 0 Å². The van der Waals surface area contributed by atoms with Crippen LogP contribution in [0.2, 0.25) is 0 Å². The number of amides is 1. The first-order valence-corrected chi connectivity index (χ1v) is 7.32. The number of hydrogen-bond donors (Lipinski definition) is 1. The fourth-order valence-electron chi connectivity index (χ4n) is 2.77. The lowest BCUT2D eigenvalue weighted by Gasteiger charge is -2.29. The molecule has 1 aromatic rings. The number of rotatable bonds is 5. The Kier molecular flexibility index (Phi) is 4.71. The Hall–Kier alpha value is -1.06. The third kappa shape index (κ3) is 3.15. The smallest absolute Gasteiger partial charge is 0.254 e. The molecule has 110 valence electrons. The van der Waals surface area contributed by atoms with Crippen LogP contribution in [0.15, 0.2) is 24.3 Å². The van der Waals surface area contributed by atoms with Crippen LogP contribution in [0.3, 0.4) is 0 Å². The summed E-state index contributed by atoms with van der Waals surface area (Å²) in [5, 5.41) is 0. The fraction of sp³-hybridized carbons (Fsp3) is 0.562. The summed E-state index contributed by atoms with van der Waals surface area (Å²) in [6.45, 7) is 2.74. The number of carbonyl (C=O) groups excluding carboxylic acids is 1. The molecule has 2 N–H and O–H groups in total. The van der Waals surface area contributed by atoms with Crippen molar-refractivity contribution >= 4 is 18.3 Å². The van der Waals surface area contributed by atoms with Gasteiger partial charge in [-0.2, -0.15) is 0 Å². The first-order valence-electron chi connectivity index (χ1n) is 7.32. The molecule has 3 rings (SSSR count). The summed E-state index contributed by atoms with van der Waals surface area (Å²) in [7, 11) is 0. The van der Waals surface area contributed by atoms with Gasteiger partial charge >= 0.3 is 0 Å². The Balaban J connectivity index is 0.00000147. The van der Waals surface area contributed by atoms with Crippen molar-refractivity contribution in [3.05, 3.63) is 35.4 Å². The van der Waals surface area contributed by atoms with E-state index in [4.69, 9.17) is 5.73 Å². The zero-order valence-corrected chi connectivity index (χ0v) is 12.7. The lowest BCUT2D eigenvalue weighted by Crippen LogP contribution is -2.41. The molecule has 1 atom stereocenters. The van der Waals surface area contributed by atoms with Crippen LogP contribution in [0.5, 0.6) is 0 Å². The van der Waals surface area contributed by atoms with E-state index < -0.39 is 0 Å². The van der Waals surface area contributed by atoms with Gasteiger partial charge in [-0.1, -0.05) is 12.1 Å². The zero-order valence-electron chi connectivity index (χ0n) is 11.9. The van der Waals surface area contributed by atoms with Crippen LogP contribution in [-0.2, 0) is 6.54 Å². The molecule has 3 nitrogen and oxygen atoms in total. The van der Waals surface area contributed by atoms with Gasteiger partial charge in [0.1, 0.15) is 0 Å². The van der Waals surface area contributed by atoms with Crippen LogP contribution in [-0.4, -0.2) is 22.9 Å². The maximum Gasteiger partial charge on any atom is 0.254 e. The molecule has 0 radical (unpaired) electrons. The average molecular weight is 295 g/mol. The summed E-state index contributed by atoms with van der Waals surface area (Å²) in [6, 6.07) is 8.63. The molecule has 0 aromatic heterocycles. The Labute approximate surface area is 126 Å². The van der Waals surface area contributed by atoms with Gasteiger partial charge in [0.05, 0.1) is 0 Å². The number of nitrogens with two attached hydrogens (primary N) is 1. The maximum absolute atomic E-state index is 12.7. The molecule has 0 bridgehead atoms. The molecule has 2 aliphatic rings. The number of halogens is 1. The van der Waals surface area contributed by atoms with Crippen LogP contribution in [0.25, 0.3) is 0 Å². The summed E-state index contributed by atoms with van der Waals surface area (Å²) < 4.78 is 0. The van der Waals surface area contributed by atoms with Gasteiger partial charge in [0.15, 0.2) is 0 Å². The van der Waals surface area contributed by atoms with Crippen molar-refractivity contribution in [2.75, 3.05) is 0 Å². The van der Waals surface area contributed by atoms with E-state index in [-0.39, 0.29) is 18.3 Å². The lowest BCUT2D eigenvalue weighted by molar-refractivity contribution is 0.0654. The summed E-state index contributed by atoms with van der Waals surface area (Å²) in [5.41, 5.74) is 7.47. The molecule has 0 aliphatic heterocycles. The number of nitrogens with zero attached hydrogens (tertiary/aromatic N) is 1. The van der Waals surface area contributed by atoms with Crippen LogP contribution < -0.4 is 5.73 Å². The zero-order chi connectivity index (χ0) is 13.4. The van der Waals surface area contributed by atoms with E-state index in [1.807, 2.05) is 24.3 Å². The third-order valence-corrected chi connectivity index (χ3v) is 4.35. The van der Waals surface area contributed by atoms with E-state index in [0.29, 0.717) is 18.6 Å². The van der Waals surface area contributed by atoms with Gasteiger partial charge in [-0.3, -0.25) is 4.79 Å². The molecule has 2 saturated carbocycles. The molecule has 0 saturated heterocycles. The van der Waals surface area contributed by atoms with Crippen LogP contribution in [0, 0.1) is 5.92 Å². The SMILES string of the molecule is CC(C1CC1)N(C(=O)c1ccc(CN)cc1)C1CC1.Cl. The molecule has 1 amide bonds. The van der Waals surface area contributed by atoms with Gasteiger partial charge in [0, 0.05) is 24.2 Å². The number of hydrogen-bond acceptors (Lipinski definition) is 2. The minimum atomic E-state index is 0. The second-order valence-electron chi connectivity index (χ2n) is 5.92. The molecular formula is C16H23ClN2O. The molecule has 2 fully saturated rings.